The predicted octanol–water partition coefficient (Wildman–Crippen LogP) is 2.59. The van der Waals surface area contributed by atoms with Crippen LogP contribution in [-0.4, -0.2) is 33.9 Å². The number of fused-ring (bicyclic) bond motifs is 1. The van der Waals surface area contributed by atoms with Gasteiger partial charge in [0.2, 0.25) is 0 Å². The maximum atomic E-state index is 12.8. The van der Waals surface area contributed by atoms with Gasteiger partial charge in [0.05, 0.1) is 23.7 Å². The number of esters is 1. The van der Waals surface area contributed by atoms with Crippen LogP contribution in [0.25, 0.3) is 0 Å². The Hall–Kier alpha value is -2.74. The van der Waals surface area contributed by atoms with Gasteiger partial charge >= 0.3 is 5.97 Å². The molecule has 0 saturated carbocycles. The summed E-state index contributed by atoms with van der Waals surface area (Å²) < 4.78 is 5.20. The van der Waals surface area contributed by atoms with Crippen molar-refractivity contribution in [1.29, 1.82) is 0 Å². The molecule has 136 valence electrons. The Morgan fingerprint density at radius 3 is 2.65 bits per heavy atom. The molecule has 1 aliphatic rings. The summed E-state index contributed by atoms with van der Waals surface area (Å²) in [6.45, 7) is 3.71. The number of nitrogens with zero attached hydrogens (tertiary/aromatic N) is 1. The van der Waals surface area contributed by atoms with Crippen molar-refractivity contribution in [1.82, 2.24) is 9.97 Å². The Kier molecular flexibility index (Phi) is 5.03. The minimum atomic E-state index is -0.641. The molecule has 3 rings (SSSR count). The number of allylic oxidation sites excluding steroid dienone is 1. The van der Waals surface area contributed by atoms with Gasteiger partial charge in [0.25, 0.3) is 5.56 Å². The topological polar surface area (TPSA) is 104 Å². The summed E-state index contributed by atoms with van der Waals surface area (Å²) >= 11 is 1.32. The molecule has 0 amide bonds. The van der Waals surface area contributed by atoms with Crippen molar-refractivity contribution in [2.45, 2.75) is 24.9 Å². The van der Waals surface area contributed by atoms with Crippen LogP contribution in [0.5, 0.6) is 5.75 Å². The van der Waals surface area contributed by atoms with E-state index in [0.717, 1.165) is 0 Å². The van der Waals surface area contributed by atoms with Crippen LogP contribution in [0, 0.1) is 0 Å². The Morgan fingerprint density at radius 2 is 2.04 bits per heavy atom. The molecule has 2 aromatic rings. The molecule has 0 bridgehead atoms. The third-order valence-corrected chi connectivity index (χ3v) is 4.72. The second-order valence-corrected chi connectivity index (χ2v) is 6.54. The van der Waals surface area contributed by atoms with Crippen molar-refractivity contribution >= 4 is 23.5 Å². The number of carbonyl (C=O) groups is 1. The van der Waals surface area contributed by atoms with E-state index in [0.29, 0.717) is 33.4 Å². The predicted molar refractivity (Wildman–Crippen MR) is 99.5 cm³/mol. The molecule has 1 aliphatic heterocycles. The lowest BCUT2D eigenvalue weighted by Crippen LogP contribution is -2.31. The van der Waals surface area contributed by atoms with Gasteiger partial charge in [0, 0.05) is 5.70 Å². The number of carbonyl (C=O) groups excluding carboxylic acids is 1. The Morgan fingerprint density at radius 1 is 1.35 bits per heavy atom. The van der Waals surface area contributed by atoms with Gasteiger partial charge in [-0.25, -0.2) is 9.78 Å². The summed E-state index contributed by atoms with van der Waals surface area (Å²) in [5, 5.41) is 13.1. The van der Waals surface area contributed by atoms with Gasteiger partial charge < -0.3 is 20.1 Å². The van der Waals surface area contributed by atoms with Gasteiger partial charge in [-0.05, 0) is 37.8 Å². The normalized spacial score (nSPS) is 16.0. The van der Waals surface area contributed by atoms with Crippen LogP contribution >= 0.6 is 11.8 Å². The zero-order valence-electron chi connectivity index (χ0n) is 14.6. The Bertz CT molecular complexity index is 934. The number of phenolic OH excluding ortho intramolecular Hbond substituents is 1. The molecule has 7 nitrogen and oxygen atoms in total. The lowest BCUT2D eigenvalue weighted by molar-refractivity contribution is -0.138. The number of rotatable bonds is 4. The number of thioether (sulfide) groups is 1. The van der Waals surface area contributed by atoms with E-state index in [4.69, 9.17) is 4.74 Å². The third kappa shape index (κ3) is 3.20. The molecule has 0 aliphatic carbocycles. The quantitative estimate of drug-likeness (QED) is 0.430. The monoisotopic (exact) mass is 373 g/mol. The van der Waals surface area contributed by atoms with Crippen LogP contribution in [0.3, 0.4) is 0 Å². The average Bonchev–Trinajstić information content (AvgIpc) is 2.61. The Balaban J connectivity index is 2.25. The maximum Gasteiger partial charge on any atom is 0.336 e. The fourth-order valence-corrected chi connectivity index (χ4v) is 3.38. The average molecular weight is 373 g/mol. The van der Waals surface area contributed by atoms with E-state index >= 15 is 0 Å². The number of aromatic nitrogens is 2. The fraction of sp³-hybridized carbons (Fsp3) is 0.278. The van der Waals surface area contributed by atoms with E-state index in [1.54, 1.807) is 26.0 Å². The van der Waals surface area contributed by atoms with Gasteiger partial charge in [-0.15, -0.1) is 0 Å². The number of ether oxygens (including phenoxy) is 1. The van der Waals surface area contributed by atoms with Crippen LogP contribution in [0.15, 0.2) is 45.5 Å². The second-order valence-electron chi connectivity index (χ2n) is 5.75. The number of anilines is 1. The first-order chi connectivity index (χ1) is 12.5. The first kappa shape index (κ1) is 18.1. The van der Waals surface area contributed by atoms with Gasteiger partial charge in [-0.3, -0.25) is 4.79 Å². The zero-order chi connectivity index (χ0) is 18.8. The summed E-state index contributed by atoms with van der Waals surface area (Å²) in [7, 11) is 0. The van der Waals surface area contributed by atoms with Crippen LogP contribution in [-0.2, 0) is 9.53 Å². The summed E-state index contributed by atoms with van der Waals surface area (Å²) in [4.78, 5) is 32.5. The number of hydrogen-bond acceptors (Lipinski definition) is 7. The highest BCUT2D eigenvalue weighted by atomic mass is 32.2. The molecule has 0 saturated heterocycles. The highest BCUT2D eigenvalue weighted by Crippen LogP contribution is 2.40. The van der Waals surface area contributed by atoms with E-state index < -0.39 is 11.9 Å². The molecule has 1 aromatic carbocycles. The molecule has 0 spiro atoms. The smallest absolute Gasteiger partial charge is 0.336 e. The number of aromatic hydroxyl groups is 1. The molecule has 1 atom stereocenters. The van der Waals surface area contributed by atoms with Gasteiger partial charge in [0.15, 0.2) is 5.16 Å². The minimum absolute atomic E-state index is 0.103. The van der Waals surface area contributed by atoms with E-state index in [9.17, 15) is 14.7 Å². The number of benzene rings is 1. The van der Waals surface area contributed by atoms with Crippen molar-refractivity contribution in [3.63, 3.8) is 0 Å². The second kappa shape index (κ2) is 7.25. The van der Waals surface area contributed by atoms with E-state index in [1.165, 1.54) is 23.9 Å². The first-order valence-corrected chi connectivity index (χ1v) is 9.30. The summed E-state index contributed by atoms with van der Waals surface area (Å²) in [6.07, 6.45) is 1.82. The minimum Gasteiger partial charge on any atom is -0.508 e. The molecule has 0 fully saturated rings. The van der Waals surface area contributed by atoms with E-state index in [2.05, 4.69) is 15.3 Å². The lowest BCUT2D eigenvalue weighted by Gasteiger charge is -2.28. The van der Waals surface area contributed by atoms with Crippen molar-refractivity contribution in [3.05, 3.63) is 57.0 Å². The Labute approximate surface area is 154 Å². The van der Waals surface area contributed by atoms with E-state index in [-0.39, 0.29) is 17.9 Å². The SMILES string of the molecule is CCOC(=O)C1=C(C)Nc2nc(SC)[nH]c(=O)c2C1c1ccc(O)cc1. The van der Waals surface area contributed by atoms with Gasteiger partial charge in [0.1, 0.15) is 11.6 Å². The lowest BCUT2D eigenvalue weighted by atomic mass is 9.82. The van der Waals surface area contributed by atoms with Crippen molar-refractivity contribution in [2.24, 2.45) is 0 Å². The number of phenols is 1. The van der Waals surface area contributed by atoms with Crippen molar-refractivity contribution in [3.8, 4) is 5.75 Å². The summed E-state index contributed by atoms with van der Waals surface area (Å²) in [6, 6.07) is 6.41. The molecule has 1 unspecified atom stereocenters. The molecule has 8 heteroatoms. The third-order valence-electron chi connectivity index (χ3n) is 4.14. The van der Waals surface area contributed by atoms with Crippen molar-refractivity contribution in [2.75, 3.05) is 18.2 Å². The number of nitrogens with one attached hydrogen (secondary N) is 2. The first-order valence-electron chi connectivity index (χ1n) is 8.08. The number of aromatic amines is 1. The molecule has 3 N–H and O–H groups in total. The van der Waals surface area contributed by atoms with Gasteiger partial charge in [-0.1, -0.05) is 23.9 Å². The van der Waals surface area contributed by atoms with Crippen LogP contribution in [0.2, 0.25) is 0 Å². The molecule has 1 aromatic heterocycles. The molecule has 26 heavy (non-hydrogen) atoms. The standard InChI is InChI=1S/C18H19N3O4S/c1-4-25-17(24)12-9(2)19-15-14(16(23)21-18(20-15)26-3)13(12)10-5-7-11(22)8-6-10/h5-8,13,22H,4H2,1-3H3,(H2,19,20,21,23). The molecule has 2 heterocycles. The fourth-order valence-electron chi connectivity index (χ4n) is 3.01. The molecular formula is C18H19N3O4S. The van der Waals surface area contributed by atoms with Gasteiger partial charge in [-0.2, -0.15) is 0 Å². The summed E-state index contributed by atoms with van der Waals surface area (Å²) in [5.74, 6) is -0.611. The molecule has 0 radical (unpaired) electrons. The maximum absolute atomic E-state index is 12.8. The number of H-pyrrole nitrogens is 1. The zero-order valence-corrected chi connectivity index (χ0v) is 15.4. The number of hydrogen-bond donors (Lipinski definition) is 3. The molecular weight excluding hydrogens is 354 g/mol. The van der Waals surface area contributed by atoms with Crippen LogP contribution in [0.4, 0.5) is 5.82 Å². The van der Waals surface area contributed by atoms with Crippen LogP contribution < -0.4 is 10.9 Å². The highest BCUT2D eigenvalue weighted by Gasteiger charge is 2.36. The van der Waals surface area contributed by atoms with Crippen LogP contribution in [0.1, 0.15) is 30.9 Å². The summed E-state index contributed by atoms with van der Waals surface area (Å²) in [5.41, 5.74) is 1.66. The van der Waals surface area contributed by atoms with E-state index in [1.807, 2.05) is 6.26 Å². The largest absolute Gasteiger partial charge is 0.508 e. The highest BCUT2D eigenvalue weighted by molar-refractivity contribution is 7.98. The van der Waals surface area contributed by atoms with Crippen molar-refractivity contribution < 1.29 is 14.6 Å².